The van der Waals surface area contributed by atoms with Gasteiger partial charge in [-0.15, -0.1) is 0 Å². The minimum absolute atomic E-state index is 0.0650. The summed E-state index contributed by atoms with van der Waals surface area (Å²) in [4.78, 5) is 27.4. The molecule has 1 aromatic rings. The number of carbonyl (C=O) groups is 2. The third kappa shape index (κ3) is 9.22. The van der Waals surface area contributed by atoms with Crippen LogP contribution in [0.1, 0.15) is 47.4 Å². The number of likely N-dealkylation sites (N-methyl/N-ethyl adjacent to an activating group) is 1. The summed E-state index contributed by atoms with van der Waals surface area (Å²) in [5.41, 5.74) is 9.62. The Kier molecular flexibility index (Phi) is 13.4. The van der Waals surface area contributed by atoms with Crippen molar-refractivity contribution >= 4 is 11.6 Å². The minimum atomic E-state index is -0.341. The summed E-state index contributed by atoms with van der Waals surface area (Å²) >= 11 is 0. The Morgan fingerprint density at radius 2 is 1.76 bits per heavy atom. The number of quaternary nitrogens is 1. The van der Waals surface area contributed by atoms with Crippen molar-refractivity contribution in [2.75, 3.05) is 20.1 Å². The number of fused-ring (bicyclic) bond motifs is 1. The number of nitrogens with two attached hydrogens (primary N) is 1. The van der Waals surface area contributed by atoms with E-state index in [4.69, 9.17) is 10.9 Å². The Bertz CT molecular complexity index is 1130. The third-order valence-corrected chi connectivity index (χ3v) is 6.01. The number of benzene rings is 1. The zero-order valence-corrected chi connectivity index (χ0v) is 22.3. The Balaban J connectivity index is 0.00000334. The second kappa shape index (κ2) is 15.9. The number of ketones is 2. The van der Waals surface area contributed by atoms with Crippen molar-refractivity contribution in [2.24, 2.45) is 11.7 Å². The molecule has 37 heavy (non-hydrogen) atoms. The van der Waals surface area contributed by atoms with Gasteiger partial charge in [-0.2, -0.15) is 0 Å². The van der Waals surface area contributed by atoms with Gasteiger partial charge in [0, 0.05) is 37.0 Å². The molecule has 1 aliphatic carbocycles. The van der Waals surface area contributed by atoms with Crippen LogP contribution < -0.4 is 16.9 Å². The molecule has 1 unspecified atom stereocenters. The van der Waals surface area contributed by atoms with Gasteiger partial charge in [-0.3, -0.25) is 9.59 Å². The van der Waals surface area contributed by atoms with Crippen molar-refractivity contribution in [3.05, 3.63) is 120 Å². The van der Waals surface area contributed by atoms with Gasteiger partial charge in [0.05, 0.1) is 0 Å². The molecule has 0 amide bonds. The van der Waals surface area contributed by atoms with Crippen molar-refractivity contribution < 1.29 is 20.7 Å². The fourth-order valence-corrected chi connectivity index (χ4v) is 3.71. The molecule has 0 saturated carbocycles. The first-order chi connectivity index (χ1) is 17.7. The molecule has 2 rings (SSSR count). The quantitative estimate of drug-likeness (QED) is 0.236. The highest BCUT2D eigenvalue weighted by Crippen LogP contribution is 2.23. The van der Waals surface area contributed by atoms with Crippen LogP contribution >= 0.6 is 0 Å². The lowest BCUT2D eigenvalue weighted by molar-refractivity contribution is -0.670. The normalized spacial score (nSPS) is 14.2. The molecule has 0 saturated heterocycles. The maximum absolute atomic E-state index is 12.8. The zero-order valence-electron chi connectivity index (χ0n) is 22.3. The molecular formula is C30H41N4O3+. The molecule has 7 N–H and O–H groups in total. The third-order valence-electron chi connectivity index (χ3n) is 6.01. The Morgan fingerprint density at radius 1 is 1.14 bits per heavy atom. The maximum Gasteiger partial charge on any atom is 0.211 e. The van der Waals surface area contributed by atoms with Crippen LogP contribution in [-0.2, 0) is 0 Å². The van der Waals surface area contributed by atoms with E-state index >= 15 is 0 Å². The van der Waals surface area contributed by atoms with E-state index in [1.165, 1.54) is 5.57 Å². The zero-order chi connectivity index (χ0) is 28.0. The van der Waals surface area contributed by atoms with Crippen LogP contribution in [0.4, 0.5) is 0 Å². The van der Waals surface area contributed by atoms with Gasteiger partial charge in [-0.1, -0.05) is 86.9 Å². The van der Waals surface area contributed by atoms with Crippen molar-refractivity contribution in [1.29, 1.82) is 0 Å². The molecular weight excluding hydrogens is 464 g/mol. The highest BCUT2D eigenvalue weighted by molar-refractivity contribution is 6.26. The van der Waals surface area contributed by atoms with Gasteiger partial charge < -0.3 is 16.0 Å². The van der Waals surface area contributed by atoms with Crippen LogP contribution in [0.3, 0.4) is 0 Å². The van der Waals surface area contributed by atoms with Crippen molar-refractivity contribution in [3.8, 4) is 0 Å². The minimum Gasteiger partial charge on any atom is -0.394 e. The molecule has 1 aliphatic rings. The van der Waals surface area contributed by atoms with E-state index in [0.29, 0.717) is 17.0 Å². The highest BCUT2D eigenvalue weighted by Gasteiger charge is 2.30. The number of hydrogen-bond acceptors (Lipinski definition) is 6. The molecule has 1 atom stereocenters. The van der Waals surface area contributed by atoms with Crippen molar-refractivity contribution in [3.63, 3.8) is 0 Å². The van der Waals surface area contributed by atoms with E-state index in [-0.39, 0.29) is 29.5 Å². The molecule has 0 aliphatic heterocycles. The summed E-state index contributed by atoms with van der Waals surface area (Å²) in [6.07, 6.45) is 13.8. The van der Waals surface area contributed by atoms with E-state index in [1.54, 1.807) is 30.3 Å². The molecule has 0 bridgehead atoms. The Labute approximate surface area is 220 Å². The van der Waals surface area contributed by atoms with Gasteiger partial charge in [0.2, 0.25) is 11.6 Å². The molecule has 0 aromatic heterocycles. The predicted octanol–water partition coefficient (Wildman–Crippen LogP) is 4.11. The first-order valence-corrected chi connectivity index (χ1v) is 12.1. The monoisotopic (exact) mass is 505 g/mol. The number of nitrogens with zero attached hydrogens (tertiary/aromatic N) is 1. The van der Waals surface area contributed by atoms with Gasteiger partial charge in [-0.25, -0.2) is 11.1 Å². The molecule has 7 nitrogen and oxygen atoms in total. The van der Waals surface area contributed by atoms with Crippen molar-refractivity contribution in [1.82, 2.24) is 10.2 Å². The second-order valence-electron chi connectivity index (χ2n) is 8.81. The molecule has 1 aromatic carbocycles. The van der Waals surface area contributed by atoms with Crippen LogP contribution in [0, 0.1) is 5.92 Å². The highest BCUT2D eigenvalue weighted by atomic mass is 16.4. The molecule has 0 radical (unpaired) electrons. The predicted molar refractivity (Wildman–Crippen MR) is 151 cm³/mol. The average Bonchev–Trinajstić information content (AvgIpc) is 2.92. The number of hydrogen-bond donors (Lipinski definition) is 4. The smallest absolute Gasteiger partial charge is 0.211 e. The van der Waals surface area contributed by atoms with E-state index in [9.17, 15) is 9.59 Å². The van der Waals surface area contributed by atoms with Crippen LogP contribution in [0.25, 0.3) is 0 Å². The molecule has 198 valence electrons. The first kappa shape index (κ1) is 31.1. The molecule has 0 spiro atoms. The summed E-state index contributed by atoms with van der Waals surface area (Å²) in [6, 6.07) is 6.70. The van der Waals surface area contributed by atoms with Gasteiger partial charge in [-0.05, 0) is 37.3 Å². The molecule has 0 fully saturated rings. The van der Waals surface area contributed by atoms with E-state index in [0.717, 1.165) is 30.7 Å². The average molecular weight is 506 g/mol. The van der Waals surface area contributed by atoms with Crippen molar-refractivity contribution in [2.45, 2.75) is 26.7 Å². The Hall–Kier alpha value is -3.94. The fourth-order valence-electron chi connectivity index (χ4n) is 3.71. The summed E-state index contributed by atoms with van der Waals surface area (Å²) < 4.78 is 0. The number of allylic oxidation sites excluding steroid dienone is 8. The summed E-state index contributed by atoms with van der Waals surface area (Å²) in [6.45, 7) is 17.4. The van der Waals surface area contributed by atoms with Crippen LogP contribution in [0.15, 0.2) is 109 Å². The standard InChI is InChI=1S/C30H37N3O2.H4NO/c1-7-9-12-24(8-2)19-21(3)17-18-33(6)23(5)16-15-22(4)20-32-28-27(31)29(34)25-13-10-11-14-26(25)30(28)35;1-2/h7-16,21,32H,1,4-5,17-20,31H2,2-3,6H3;2H,1H3/q;+1/b12-9-,16-15-,24-8+;. The topological polar surface area (TPSA) is 123 Å². The van der Waals surface area contributed by atoms with Crippen LogP contribution in [0.5, 0.6) is 0 Å². The number of rotatable bonds is 13. The number of nitrogens with one attached hydrogen (secondary N) is 1. The van der Waals surface area contributed by atoms with E-state index in [2.05, 4.69) is 61.8 Å². The van der Waals surface area contributed by atoms with Gasteiger partial charge in [0.25, 0.3) is 0 Å². The van der Waals surface area contributed by atoms with E-state index in [1.807, 2.05) is 25.3 Å². The van der Waals surface area contributed by atoms with Gasteiger partial charge >= 0.3 is 0 Å². The largest absolute Gasteiger partial charge is 0.394 e. The number of carbonyl (C=O) groups excluding carboxylic acids is 2. The van der Waals surface area contributed by atoms with Gasteiger partial charge in [0.15, 0.2) is 0 Å². The van der Waals surface area contributed by atoms with Crippen LogP contribution in [0.2, 0.25) is 0 Å². The fraction of sp³-hybridized carbons (Fsp3) is 0.267. The number of Topliss-reactive ketones (excluding diaryl/α,β-unsaturated/α-hetero) is 2. The molecule has 7 heteroatoms. The van der Waals surface area contributed by atoms with E-state index < -0.39 is 0 Å². The SMILES string of the molecule is C=C/C=C\C(=C/C)CC(C)CCN(C)C(=C)/C=C\C(=C)CNC1=C(N)C(=O)c2ccccc2C1=O.[NH3+]O. The van der Waals surface area contributed by atoms with Crippen LogP contribution in [-0.4, -0.2) is 41.8 Å². The molecule has 0 heterocycles. The first-order valence-electron chi connectivity index (χ1n) is 12.1. The van der Waals surface area contributed by atoms with Gasteiger partial charge in [0.1, 0.15) is 11.4 Å². The summed E-state index contributed by atoms with van der Waals surface area (Å²) in [7, 11) is 2.02. The lowest BCUT2D eigenvalue weighted by Gasteiger charge is -2.22. The maximum atomic E-state index is 12.8. The summed E-state index contributed by atoms with van der Waals surface area (Å²) in [5, 5.41) is 9.75. The summed E-state index contributed by atoms with van der Waals surface area (Å²) in [5.74, 6) is 2.16. The Morgan fingerprint density at radius 3 is 2.35 bits per heavy atom. The second-order valence-corrected chi connectivity index (χ2v) is 8.81. The lowest BCUT2D eigenvalue weighted by Crippen LogP contribution is -2.42. The lowest BCUT2D eigenvalue weighted by atomic mass is 9.90.